The zero-order valence-corrected chi connectivity index (χ0v) is 11.0. The van der Waals surface area contributed by atoms with Crippen molar-refractivity contribution in [3.05, 3.63) is 0 Å². The van der Waals surface area contributed by atoms with Gasteiger partial charge in [-0.2, -0.15) is 5.48 Å². The van der Waals surface area contributed by atoms with Crippen LogP contribution in [0.5, 0.6) is 0 Å². The van der Waals surface area contributed by atoms with Crippen LogP contribution in [0.3, 0.4) is 0 Å². The molecule has 1 atom stereocenters. The standard InChI is InChI=1S/C9H24N3O3P.2Na.2H/c1-2-3-4-9-14-16(13)15-12-8-7-11-6-5-10;;;;/h11-12,16H,2-10H2,1H3;;;;. The first-order valence-corrected chi connectivity index (χ1v) is 7.01. The molecular weight excluding hydrogens is 275 g/mol. The summed E-state index contributed by atoms with van der Waals surface area (Å²) in [6.45, 7) is 5.29. The van der Waals surface area contributed by atoms with Gasteiger partial charge in [0.1, 0.15) is 0 Å². The number of hydrogen-bond donors (Lipinski definition) is 3. The van der Waals surface area contributed by atoms with E-state index >= 15 is 0 Å². The van der Waals surface area contributed by atoms with Crippen molar-refractivity contribution in [2.75, 3.05) is 32.8 Å². The van der Waals surface area contributed by atoms with Crippen LogP contribution >= 0.6 is 8.25 Å². The number of rotatable bonds is 12. The van der Waals surface area contributed by atoms with Gasteiger partial charge >= 0.3 is 67.4 Å². The fourth-order valence-corrected chi connectivity index (χ4v) is 1.60. The van der Waals surface area contributed by atoms with Gasteiger partial charge in [0.25, 0.3) is 0 Å². The van der Waals surface area contributed by atoms with Gasteiger partial charge in [-0.1, -0.05) is 19.8 Å². The normalized spacial score (nSPS) is 11.4. The SMILES string of the molecule is CCCCCO[PH](=O)ONCCNCCN.[NaH].[NaH]. The molecule has 0 bridgehead atoms. The fourth-order valence-electron chi connectivity index (χ4n) is 1.01. The summed E-state index contributed by atoms with van der Waals surface area (Å²) >= 11 is 0. The van der Waals surface area contributed by atoms with Crippen molar-refractivity contribution in [2.45, 2.75) is 26.2 Å². The Bertz CT molecular complexity index is 181. The second-order valence-electron chi connectivity index (χ2n) is 3.34. The summed E-state index contributed by atoms with van der Waals surface area (Å²) in [5.74, 6) is 0. The molecule has 4 N–H and O–H groups in total. The number of hydrogen-bond acceptors (Lipinski definition) is 6. The van der Waals surface area contributed by atoms with Crippen LogP contribution in [-0.2, 0) is 13.7 Å². The van der Waals surface area contributed by atoms with Crippen molar-refractivity contribution in [2.24, 2.45) is 5.73 Å². The zero-order valence-electron chi connectivity index (χ0n) is 9.96. The minimum absolute atomic E-state index is 0. The molecule has 0 aromatic carbocycles. The second-order valence-corrected chi connectivity index (χ2v) is 4.33. The Labute approximate surface area is 155 Å². The molecule has 0 saturated heterocycles. The maximum atomic E-state index is 11.1. The molecule has 0 aliphatic carbocycles. The summed E-state index contributed by atoms with van der Waals surface area (Å²) in [5, 5.41) is 3.07. The number of nitrogens with one attached hydrogen (secondary N) is 2. The molecule has 0 aromatic rings. The third-order valence-electron chi connectivity index (χ3n) is 1.85. The van der Waals surface area contributed by atoms with Gasteiger partial charge < -0.3 is 15.6 Å². The van der Waals surface area contributed by atoms with E-state index in [0.29, 0.717) is 19.7 Å². The Balaban J connectivity index is -0.00000112. The number of hydroxylamine groups is 1. The van der Waals surface area contributed by atoms with Crippen LogP contribution < -0.4 is 16.5 Å². The van der Waals surface area contributed by atoms with Crippen LogP contribution in [0, 0.1) is 0 Å². The van der Waals surface area contributed by atoms with E-state index in [-0.39, 0.29) is 59.1 Å². The molecule has 0 radical (unpaired) electrons. The maximum absolute atomic E-state index is 11.1. The molecule has 18 heavy (non-hydrogen) atoms. The van der Waals surface area contributed by atoms with Crippen LogP contribution in [-0.4, -0.2) is 91.9 Å². The molecule has 0 aromatic heterocycles. The van der Waals surface area contributed by atoms with Crippen LogP contribution in [0.25, 0.3) is 0 Å². The summed E-state index contributed by atoms with van der Waals surface area (Å²) in [6, 6.07) is 0. The topological polar surface area (TPSA) is 85.6 Å². The molecule has 0 fully saturated rings. The molecule has 6 nitrogen and oxygen atoms in total. The van der Waals surface area contributed by atoms with Gasteiger partial charge in [0.2, 0.25) is 0 Å². The van der Waals surface area contributed by atoms with Gasteiger partial charge in [0, 0.05) is 26.2 Å². The number of unbranched alkanes of at least 4 members (excludes halogenated alkanes) is 2. The van der Waals surface area contributed by atoms with Crippen molar-refractivity contribution in [1.29, 1.82) is 0 Å². The van der Waals surface area contributed by atoms with Gasteiger partial charge in [-0.15, -0.1) is 0 Å². The molecule has 0 aliphatic heterocycles. The van der Waals surface area contributed by atoms with Gasteiger partial charge in [-0.05, 0) is 6.42 Å². The first-order chi connectivity index (χ1) is 7.81. The van der Waals surface area contributed by atoms with Gasteiger partial charge in [0.15, 0.2) is 0 Å². The Morgan fingerprint density at radius 3 is 2.50 bits per heavy atom. The van der Waals surface area contributed by atoms with Gasteiger partial charge in [-0.3, -0.25) is 4.57 Å². The van der Waals surface area contributed by atoms with Crippen molar-refractivity contribution in [3.63, 3.8) is 0 Å². The third-order valence-corrected chi connectivity index (χ3v) is 2.60. The van der Waals surface area contributed by atoms with Crippen LogP contribution in [0.15, 0.2) is 0 Å². The zero-order chi connectivity index (χ0) is 12.1. The van der Waals surface area contributed by atoms with Crippen molar-refractivity contribution in [3.8, 4) is 0 Å². The van der Waals surface area contributed by atoms with Gasteiger partial charge in [-0.25, -0.2) is 4.62 Å². The first kappa shape index (κ1) is 25.0. The average molecular weight is 301 g/mol. The van der Waals surface area contributed by atoms with E-state index in [1.165, 1.54) is 0 Å². The van der Waals surface area contributed by atoms with E-state index < -0.39 is 8.25 Å². The molecule has 0 amide bonds. The minimum atomic E-state index is -2.38. The van der Waals surface area contributed by atoms with E-state index in [4.69, 9.17) is 14.9 Å². The predicted molar refractivity (Wildman–Crippen MR) is 79.8 cm³/mol. The predicted octanol–water partition coefficient (Wildman–Crippen LogP) is -0.645. The summed E-state index contributed by atoms with van der Waals surface area (Å²) in [5.41, 5.74) is 7.88. The van der Waals surface area contributed by atoms with Crippen molar-refractivity contribution >= 4 is 67.4 Å². The van der Waals surface area contributed by atoms with Crippen LogP contribution in [0.2, 0.25) is 0 Å². The molecule has 0 rings (SSSR count). The van der Waals surface area contributed by atoms with Gasteiger partial charge in [0.05, 0.1) is 6.61 Å². The molecule has 0 aliphatic rings. The van der Waals surface area contributed by atoms with Crippen LogP contribution in [0.4, 0.5) is 0 Å². The van der Waals surface area contributed by atoms with Crippen LogP contribution in [0.1, 0.15) is 26.2 Å². The molecule has 9 heteroatoms. The second kappa shape index (κ2) is 21.3. The van der Waals surface area contributed by atoms with E-state index in [9.17, 15) is 4.57 Å². The van der Waals surface area contributed by atoms with Crippen molar-refractivity contribution < 1.29 is 13.7 Å². The Hall–Kier alpha value is 2.03. The first-order valence-electron chi connectivity index (χ1n) is 5.78. The molecule has 0 saturated carbocycles. The Kier molecular flexibility index (Phi) is 29.6. The van der Waals surface area contributed by atoms with E-state index in [1.807, 2.05) is 0 Å². The third kappa shape index (κ3) is 20.3. The van der Waals surface area contributed by atoms with E-state index in [2.05, 4.69) is 17.7 Å². The fraction of sp³-hybridized carbons (Fsp3) is 1.00. The molecule has 0 spiro atoms. The van der Waals surface area contributed by atoms with E-state index in [1.54, 1.807) is 0 Å². The Morgan fingerprint density at radius 1 is 1.17 bits per heavy atom. The average Bonchev–Trinajstić information content (AvgIpc) is 2.29. The Morgan fingerprint density at radius 2 is 1.89 bits per heavy atom. The summed E-state index contributed by atoms with van der Waals surface area (Å²) < 4.78 is 20.9. The number of nitrogens with two attached hydrogens (primary N) is 1. The molecule has 102 valence electrons. The molecular formula is C9H26N3Na2O3P. The summed E-state index contributed by atoms with van der Waals surface area (Å²) in [7, 11) is -2.38. The molecule has 0 heterocycles. The summed E-state index contributed by atoms with van der Waals surface area (Å²) in [6.07, 6.45) is 3.14. The van der Waals surface area contributed by atoms with Crippen molar-refractivity contribution in [1.82, 2.24) is 10.8 Å². The summed E-state index contributed by atoms with van der Waals surface area (Å²) in [4.78, 5) is 0. The quantitative estimate of drug-likeness (QED) is 0.192. The van der Waals surface area contributed by atoms with E-state index in [0.717, 1.165) is 32.4 Å². The monoisotopic (exact) mass is 301 g/mol. The molecule has 1 unspecified atom stereocenters.